The third-order valence-electron chi connectivity index (χ3n) is 3.87. The van der Waals surface area contributed by atoms with Crippen LogP contribution in [0.5, 0.6) is 0 Å². The van der Waals surface area contributed by atoms with Crippen molar-refractivity contribution in [1.82, 2.24) is 0 Å². The maximum Gasteiger partial charge on any atom is 0.158 e. The summed E-state index contributed by atoms with van der Waals surface area (Å²) >= 11 is 0. The van der Waals surface area contributed by atoms with Crippen molar-refractivity contribution in [2.24, 2.45) is 0 Å². The molecule has 3 atom stereocenters. The van der Waals surface area contributed by atoms with Gasteiger partial charge in [-0.2, -0.15) is 0 Å². The molecule has 0 aromatic heterocycles. The Morgan fingerprint density at radius 2 is 2.12 bits per heavy atom. The van der Waals surface area contributed by atoms with E-state index in [2.05, 4.69) is 38.1 Å². The van der Waals surface area contributed by atoms with Crippen molar-refractivity contribution < 1.29 is 24.1 Å². The highest BCUT2D eigenvalue weighted by atomic mass is 28.3. The largest absolute Gasteiger partial charge is 0.389 e. The lowest BCUT2D eigenvalue weighted by atomic mass is 10.1. The summed E-state index contributed by atoms with van der Waals surface area (Å²) in [6.07, 6.45) is 3.71. The number of aliphatic hydroxyl groups excluding tert-OH is 1. The Bertz CT molecular complexity index is 418. The minimum atomic E-state index is -1.09. The number of ether oxygens (including phenoxy) is 4. The molecule has 5 nitrogen and oxygen atoms in total. The van der Waals surface area contributed by atoms with E-state index in [4.69, 9.17) is 18.9 Å². The molecule has 1 aliphatic rings. The fourth-order valence-electron chi connectivity index (χ4n) is 2.22. The van der Waals surface area contributed by atoms with Crippen LogP contribution < -0.4 is 0 Å². The molecule has 0 aromatic carbocycles. The van der Waals surface area contributed by atoms with E-state index in [1.807, 2.05) is 0 Å². The highest BCUT2D eigenvalue weighted by Crippen LogP contribution is 2.13. The molecule has 1 heterocycles. The summed E-state index contributed by atoms with van der Waals surface area (Å²) in [6, 6.07) is 1.09. The van der Waals surface area contributed by atoms with Crippen molar-refractivity contribution in [2.75, 3.05) is 26.6 Å². The quantitative estimate of drug-likeness (QED) is 0.199. The van der Waals surface area contributed by atoms with Crippen molar-refractivity contribution in [2.45, 2.75) is 69.9 Å². The topological polar surface area (TPSA) is 57.2 Å². The molecule has 25 heavy (non-hydrogen) atoms. The Kier molecular flexibility index (Phi) is 11.3. The smallest absolute Gasteiger partial charge is 0.158 e. The zero-order valence-corrected chi connectivity index (χ0v) is 17.0. The van der Waals surface area contributed by atoms with Gasteiger partial charge in [-0.25, -0.2) is 0 Å². The minimum absolute atomic E-state index is 0.134. The Hall–Kier alpha value is -0.683. The van der Waals surface area contributed by atoms with E-state index >= 15 is 0 Å². The van der Waals surface area contributed by atoms with Crippen LogP contribution in [-0.4, -0.2) is 58.3 Å². The van der Waals surface area contributed by atoms with Crippen LogP contribution in [0.3, 0.4) is 0 Å². The summed E-state index contributed by atoms with van der Waals surface area (Å²) in [6.45, 7) is 12.5. The lowest BCUT2D eigenvalue weighted by Gasteiger charge is -2.21. The van der Waals surface area contributed by atoms with Crippen LogP contribution in [0.15, 0.2) is 12.7 Å². The Labute approximate surface area is 153 Å². The van der Waals surface area contributed by atoms with E-state index in [1.54, 1.807) is 6.08 Å². The van der Waals surface area contributed by atoms with Crippen molar-refractivity contribution in [3.63, 3.8) is 0 Å². The fraction of sp³-hybridized carbons (Fsp3) is 0.789. The molecule has 1 N–H and O–H groups in total. The van der Waals surface area contributed by atoms with E-state index in [-0.39, 0.29) is 13.1 Å². The molecule has 0 aliphatic carbocycles. The van der Waals surface area contributed by atoms with Gasteiger partial charge in [-0.15, -0.1) is 6.58 Å². The molecule has 1 fully saturated rings. The van der Waals surface area contributed by atoms with Gasteiger partial charge in [-0.1, -0.05) is 37.6 Å². The van der Waals surface area contributed by atoms with Gasteiger partial charge < -0.3 is 24.1 Å². The average Bonchev–Trinajstić information content (AvgIpc) is 2.57. The van der Waals surface area contributed by atoms with Crippen LogP contribution >= 0.6 is 0 Å². The summed E-state index contributed by atoms with van der Waals surface area (Å²) in [5, 5.41) is 10.1. The molecular formula is C19H34O5Si. The van der Waals surface area contributed by atoms with E-state index in [0.29, 0.717) is 19.6 Å². The molecule has 144 valence electrons. The zero-order valence-electron chi connectivity index (χ0n) is 16.0. The van der Waals surface area contributed by atoms with Gasteiger partial charge in [-0.05, 0) is 25.3 Å². The lowest BCUT2D eigenvalue weighted by molar-refractivity contribution is -0.154. The van der Waals surface area contributed by atoms with Crippen LogP contribution in [0.4, 0.5) is 0 Å². The first-order valence-corrected chi connectivity index (χ1v) is 12.8. The minimum Gasteiger partial charge on any atom is -0.389 e. The van der Waals surface area contributed by atoms with Gasteiger partial charge in [0.25, 0.3) is 0 Å². The lowest BCUT2D eigenvalue weighted by Crippen LogP contribution is -2.28. The van der Waals surface area contributed by atoms with Crippen LogP contribution in [0.2, 0.25) is 25.7 Å². The zero-order chi connectivity index (χ0) is 18.5. The summed E-state index contributed by atoms with van der Waals surface area (Å²) in [4.78, 5) is 0. The maximum absolute atomic E-state index is 10.1. The predicted molar refractivity (Wildman–Crippen MR) is 102 cm³/mol. The highest BCUT2D eigenvalue weighted by molar-refractivity contribution is 6.76. The van der Waals surface area contributed by atoms with Gasteiger partial charge in [0.1, 0.15) is 19.5 Å². The third kappa shape index (κ3) is 11.5. The number of rotatable bonds is 11. The Morgan fingerprint density at radius 1 is 1.32 bits per heavy atom. The molecule has 0 saturated carbocycles. The molecule has 1 unspecified atom stereocenters. The molecule has 1 aliphatic heterocycles. The second kappa shape index (κ2) is 12.6. The first-order valence-electron chi connectivity index (χ1n) is 9.11. The molecule has 1 saturated heterocycles. The van der Waals surface area contributed by atoms with Gasteiger partial charge in [0.2, 0.25) is 0 Å². The van der Waals surface area contributed by atoms with E-state index in [0.717, 1.165) is 31.9 Å². The summed E-state index contributed by atoms with van der Waals surface area (Å²) in [5.74, 6) is 5.82. The van der Waals surface area contributed by atoms with Gasteiger partial charge >= 0.3 is 0 Å². The predicted octanol–water partition coefficient (Wildman–Crippen LogP) is 3.17. The van der Waals surface area contributed by atoms with E-state index < -0.39 is 20.3 Å². The van der Waals surface area contributed by atoms with Gasteiger partial charge in [0.05, 0.1) is 6.10 Å². The van der Waals surface area contributed by atoms with Gasteiger partial charge in [-0.3, -0.25) is 0 Å². The van der Waals surface area contributed by atoms with Crippen LogP contribution in [-0.2, 0) is 18.9 Å². The second-order valence-electron chi connectivity index (χ2n) is 7.44. The molecule has 0 spiro atoms. The molecule has 0 bridgehead atoms. The van der Waals surface area contributed by atoms with Crippen LogP contribution in [0.1, 0.15) is 25.7 Å². The van der Waals surface area contributed by atoms with Crippen molar-refractivity contribution >= 4 is 8.07 Å². The maximum atomic E-state index is 10.1. The molecule has 0 amide bonds. The third-order valence-corrected chi connectivity index (χ3v) is 5.57. The fourth-order valence-corrected chi connectivity index (χ4v) is 2.98. The van der Waals surface area contributed by atoms with Crippen LogP contribution in [0.25, 0.3) is 0 Å². The molecule has 1 rings (SSSR count). The number of hydrogen-bond donors (Lipinski definition) is 1. The second-order valence-corrected chi connectivity index (χ2v) is 13.1. The highest BCUT2D eigenvalue weighted by Gasteiger charge is 2.16. The van der Waals surface area contributed by atoms with E-state index in [9.17, 15) is 5.11 Å². The van der Waals surface area contributed by atoms with Gasteiger partial charge in [0.15, 0.2) is 6.29 Å². The van der Waals surface area contributed by atoms with Crippen molar-refractivity contribution in [1.29, 1.82) is 0 Å². The monoisotopic (exact) mass is 370 g/mol. The number of aliphatic hydroxyl groups is 1. The molecule has 0 aromatic rings. The number of hydrogen-bond acceptors (Lipinski definition) is 5. The average molecular weight is 371 g/mol. The standard InChI is InChI=1S/C19H34O5Si/c1-5-18(24-16-21-14-15-25(2,3)4)17(20)10-6-8-12-22-19-11-7-9-13-23-19/h5,17-20H,1,7,9-16H2,2-4H3/t17-,18+,19?/m1/s1. The summed E-state index contributed by atoms with van der Waals surface area (Å²) in [7, 11) is -1.09. The molecule has 6 heteroatoms. The first kappa shape index (κ1) is 22.4. The van der Waals surface area contributed by atoms with Crippen molar-refractivity contribution in [3.05, 3.63) is 12.7 Å². The van der Waals surface area contributed by atoms with Crippen molar-refractivity contribution in [3.8, 4) is 11.8 Å². The normalized spacial score (nSPS) is 20.4. The Balaban J connectivity index is 2.14. The first-order chi connectivity index (χ1) is 11.9. The van der Waals surface area contributed by atoms with Crippen LogP contribution in [0, 0.1) is 11.8 Å². The molecule has 0 radical (unpaired) electrons. The molecular weight excluding hydrogens is 336 g/mol. The summed E-state index contributed by atoms with van der Waals surface area (Å²) < 4.78 is 22.0. The SMILES string of the molecule is C=C[C@H](OCOCC[Si](C)(C)C)[C@H](O)CC#CCOC1CCCCO1. The van der Waals surface area contributed by atoms with Gasteiger partial charge in [0, 0.05) is 27.7 Å². The summed E-state index contributed by atoms with van der Waals surface area (Å²) in [5.41, 5.74) is 0. The Morgan fingerprint density at radius 3 is 2.76 bits per heavy atom. The van der Waals surface area contributed by atoms with E-state index in [1.165, 1.54) is 0 Å².